The molecule has 0 saturated carbocycles. The first-order valence-electron chi connectivity index (χ1n) is 11.0. The SMILES string of the molecule is CCOC(=O)[C@H]1CCCN(C(=O)[C@@H]2CCCN(c3ccc(-c4nc(C)no4)cn3)C2)C1. The van der Waals surface area contributed by atoms with Crippen LogP contribution in [0.25, 0.3) is 11.5 Å². The molecule has 4 heterocycles. The topological polar surface area (TPSA) is 102 Å². The maximum absolute atomic E-state index is 13.2. The van der Waals surface area contributed by atoms with Gasteiger partial charge >= 0.3 is 5.97 Å². The zero-order chi connectivity index (χ0) is 21.8. The van der Waals surface area contributed by atoms with E-state index in [-0.39, 0.29) is 23.7 Å². The van der Waals surface area contributed by atoms with Crippen molar-refractivity contribution in [1.82, 2.24) is 20.0 Å². The van der Waals surface area contributed by atoms with Crippen LogP contribution in [0, 0.1) is 18.8 Å². The summed E-state index contributed by atoms with van der Waals surface area (Å²) < 4.78 is 10.4. The summed E-state index contributed by atoms with van der Waals surface area (Å²) in [5.41, 5.74) is 0.771. The third kappa shape index (κ3) is 4.86. The van der Waals surface area contributed by atoms with Gasteiger partial charge in [0.2, 0.25) is 5.91 Å². The van der Waals surface area contributed by atoms with Crippen LogP contribution in [0.4, 0.5) is 5.82 Å². The van der Waals surface area contributed by atoms with Crippen LogP contribution in [0.2, 0.25) is 0 Å². The molecule has 2 aliphatic heterocycles. The quantitative estimate of drug-likeness (QED) is 0.671. The zero-order valence-electron chi connectivity index (χ0n) is 18.1. The molecule has 1 amide bonds. The number of aryl methyl sites for hydroxylation is 1. The van der Waals surface area contributed by atoms with Crippen molar-refractivity contribution in [2.24, 2.45) is 11.8 Å². The molecule has 0 unspecified atom stereocenters. The van der Waals surface area contributed by atoms with Gasteiger partial charge in [-0.2, -0.15) is 4.98 Å². The molecule has 2 atom stereocenters. The Labute approximate surface area is 181 Å². The third-order valence-electron chi connectivity index (χ3n) is 5.97. The molecule has 2 saturated heterocycles. The summed E-state index contributed by atoms with van der Waals surface area (Å²) in [7, 11) is 0. The normalized spacial score (nSPS) is 21.7. The molecule has 31 heavy (non-hydrogen) atoms. The van der Waals surface area contributed by atoms with Crippen molar-refractivity contribution in [2.45, 2.75) is 39.5 Å². The van der Waals surface area contributed by atoms with E-state index in [9.17, 15) is 9.59 Å². The number of piperidine rings is 2. The van der Waals surface area contributed by atoms with Crippen LogP contribution in [0.1, 0.15) is 38.4 Å². The van der Waals surface area contributed by atoms with Gasteiger partial charge in [-0.3, -0.25) is 9.59 Å². The molecule has 2 aliphatic rings. The molecule has 2 fully saturated rings. The number of rotatable bonds is 5. The Bertz CT molecular complexity index is 913. The number of anilines is 1. The number of nitrogens with zero attached hydrogens (tertiary/aromatic N) is 5. The molecule has 9 heteroatoms. The minimum Gasteiger partial charge on any atom is -0.466 e. The molecular weight excluding hydrogens is 398 g/mol. The van der Waals surface area contributed by atoms with E-state index < -0.39 is 0 Å². The second-order valence-corrected chi connectivity index (χ2v) is 8.21. The number of amides is 1. The predicted octanol–water partition coefficient (Wildman–Crippen LogP) is 2.46. The second-order valence-electron chi connectivity index (χ2n) is 8.21. The molecule has 0 spiro atoms. The van der Waals surface area contributed by atoms with Gasteiger partial charge in [0.15, 0.2) is 5.82 Å². The van der Waals surface area contributed by atoms with Gasteiger partial charge in [0, 0.05) is 32.4 Å². The zero-order valence-corrected chi connectivity index (χ0v) is 18.1. The maximum Gasteiger partial charge on any atom is 0.310 e. The highest BCUT2D eigenvalue weighted by Crippen LogP contribution is 2.27. The Kier molecular flexibility index (Phi) is 6.48. The Morgan fingerprint density at radius 1 is 1.16 bits per heavy atom. The number of hydrogen-bond donors (Lipinski definition) is 0. The fourth-order valence-corrected chi connectivity index (χ4v) is 4.39. The molecule has 2 aromatic rings. The predicted molar refractivity (Wildman–Crippen MR) is 113 cm³/mol. The average molecular weight is 428 g/mol. The Morgan fingerprint density at radius 3 is 2.68 bits per heavy atom. The second kappa shape index (κ2) is 9.45. The number of carbonyl (C=O) groups is 2. The van der Waals surface area contributed by atoms with Crippen molar-refractivity contribution in [3.63, 3.8) is 0 Å². The van der Waals surface area contributed by atoms with Crippen molar-refractivity contribution in [3.8, 4) is 11.5 Å². The smallest absolute Gasteiger partial charge is 0.310 e. The van der Waals surface area contributed by atoms with Crippen molar-refractivity contribution in [1.29, 1.82) is 0 Å². The Hall–Kier alpha value is -2.97. The molecule has 9 nitrogen and oxygen atoms in total. The van der Waals surface area contributed by atoms with Crippen LogP contribution in [0.5, 0.6) is 0 Å². The number of pyridine rings is 1. The van der Waals surface area contributed by atoms with E-state index >= 15 is 0 Å². The van der Waals surface area contributed by atoms with E-state index in [1.165, 1.54) is 0 Å². The molecule has 166 valence electrons. The van der Waals surface area contributed by atoms with Crippen molar-refractivity contribution in [2.75, 3.05) is 37.7 Å². The highest BCUT2D eigenvalue weighted by molar-refractivity contribution is 5.81. The highest BCUT2D eigenvalue weighted by Gasteiger charge is 2.34. The lowest BCUT2D eigenvalue weighted by Crippen LogP contribution is -2.49. The lowest BCUT2D eigenvalue weighted by atomic mass is 9.93. The summed E-state index contributed by atoms with van der Waals surface area (Å²) in [4.78, 5) is 38.1. The van der Waals surface area contributed by atoms with Crippen molar-refractivity contribution in [3.05, 3.63) is 24.2 Å². The van der Waals surface area contributed by atoms with Crippen molar-refractivity contribution >= 4 is 17.7 Å². The van der Waals surface area contributed by atoms with Gasteiger partial charge in [-0.1, -0.05) is 5.16 Å². The van der Waals surface area contributed by atoms with E-state index in [0.717, 1.165) is 43.6 Å². The van der Waals surface area contributed by atoms with E-state index in [4.69, 9.17) is 9.26 Å². The number of ether oxygens (including phenoxy) is 1. The van der Waals surface area contributed by atoms with Crippen LogP contribution >= 0.6 is 0 Å². The van der Waals surface area contributed by atoms with Crippen LogP contribution < -0.4 is 4.90 Å². The van der Waals surface area contributed by atoms with E-state index in [1.807, 2.05) is 24.0 Å². The fraction of sp³-hybridized carbons (Fsp3) is 0.591. The first-order chi connectivity index (χ1) is 15.0. The number of carbonyl (C=O) groups excluding carboxylic acids is 2. The first-order valence-corrected chi connectivity index (χ1v) is 11.0. The summed E-state index contributed by atoms with van der Waals surface area (Å²) in [6, 6.07) is 3.84. The summed E-state index contributed by atoms with van der Waals surface area (Å²) in [6.45, 7) is 6.62. The molecular formula is C22H29N5O4. The summed E-state index contributed by atoms with van der Waals surface area (Å²) in [6.07, 6.45) is 5.13. The lowest BCUT2D eigenvalue weighted by molar-refractivity contribution is -0.152. The Balaban J connectivity index is 1.39. The van der Waals surface area contributed by atoms with Crippen LogP contribution in [-0.4, -0.2) is 64.7 Å². The number of hydrogen-bond acceptors (Lipinski definition) is 8. The minimum absolute atomic E-state index is 0.0882. The van der Waals surface area contributed by atoms with Crippen molar-refractivity contribution < 1.29 is 18.8 Å². The monoisotopic (exact) mass is 427 g/mol. The molecule has 4 rings (SSSR count). The minimum atomic E-state index is -0.208. The first kappa shape index (κ1) is 21.3. The van der Waals surface area contributed by atoms with E-state index in [2.05, 4.69) is 20.0 Å². The average Bonchev–Trinajstić information content (AvgIpc) is 3.25. The van der Waals surface area contributed by atoms with Gasteiger partial charge in [0.25, 0.3) is 5.89 Å². The van der Waals surface area contributed by atoms with Gasteiger partial charge < -0.3 is 19.1 Å². The summed E-state index contributed by atoms with van der Waals surface area (Å²) >= 11 is 0. The number of esters is 1. The summed E-state index contributed by atoms with van der Waals surface area (Å²) in [5, 5.41) is 3.81. The lowest BCUT2D eigenvalue weighted by Gasteiger charge is -2.38. The molecule has 0 aromatic carbocycles. The molecule has 0 N–H and O–H groups in total. The third-order valence-corrected chi connectivity index (χ3v) is 5.97. The summed E-state index contributed by atoms with van der Waals surface area (Å²) in [5.74, 6) is 1.52. The maximum atomic E-state index is 13.2. The molecule has 0 radical (unpaired) electrons. The van der Waals surface area contributed by atoms with Gasteiger partial charge in [0.1, 0.15) is 5.82 Å². The molecule has 2 aromatic heterocycles. The van der Waals surface area contributed by atoms with Gasteiger partial charge in [-0.05, 0) is 51.7 Å². The Morgan fingerprint density at radius 2 is 1.97 bits per heavy atom. The van der Waals surface area contributed by atoms with Crippen LogP contribution in [0.15, 0.2) is 22.9 Å². The molecule has 0 aliphatic carbocycles. The van der Waals surface area contributed by atoms with E-state index in [0.29, 0.717) is 38.0 Å². The highest BCUT2D eigenvalue weighted by atomic mass is 16.5. The van der Waals surface area contributed by atoms with Gasteiger partial charge in [0.05, 0.1) is 24.0 Å². The number of likely N-dealkylation sites (tertiary alicyclic amines) is 1. The van der Waals surface area contributed by atoms with Crippen LogP contribution in [0.3, 0.4) is 0 Å². The number of aromatic nitrogens is 3. The molecule has 0 bridgehead atoms. The fourth-order valence-electron chi connectivity index (χ4n) is 4.39. The largest absolute Gasteiger partial charge is 0.466 e. The standard InChI is InChI=1S/C22H29N5O4/c1-3-30-22(29)18-7-5-11-27(14-18)21(28)17-6-4-10-26(13-17)19-9-8-16(12-23-19)20-24-15(2)25-31-20/h8-9,12,17-18H,3-7,10-11,13-14H2,1-2H3/t17-,18+/m1/s1. The van der Waals surface area contributed by atoms with Crippen LogP contribution in [-0.2, 0) is 14.3 Å². The van der Waals surface area contributed by atoms with Gasteiger partial charge in [-0.25, -0.2) is 4.98 Å². The van der Waals surface area contributed by atoms with Gasteiger partial charge in [-0.15, -0.1) is 0 Å². The van der Waals surface area contributed by atoms with E-state index in [1.54, 1.807) is 13.1 Å².